The Morgan fingerprint density at radius 2 is 1.77 bits per heavy atom. The van der Waals surface area contributed by atoms with E-state index >= 15 is 0 Å². The van der Waals surface area contributed by atoms with Gasteiger partial charge >= 0.3 is 0 Å². The van der Waals surface area contributed by atoms with E-state index in [9.17, 15) is 0 Å². The molecule has 1 aliphatic heterocycles. The van der Waals surface area contributed by atoms with E-state index in [4.69, 9.17) is 0 Å². The lowest BCUT2D eigenvalue weighted by atomic mass is 9.83. The molecule has 3 rings (SSSR count). The molecule has 0 spiro atoms. The molecule has 0 saturated heterocycles. The maximum Gasteiger partial charge on any atom is 0.0499 e. The van der Waals surface area contributed by atoms with Crippen LogP contribution < -0.4 is 4.90 Å². The number of hydrogen-bond donors (Lipinski definition) is 0. The number of hydrogen-bond acceptors (Lipinski definition) is 1. The van der Waals surface area contributed by atoms with Gasteiger partial charge in [-0.05, 0) is 56.5 Å². The van der Waals surface area contributed by atoms with Crippen LogP contribution in [-0.2, 0) is 0 Å². The molecule has 1 aliphatic rings. The van der Waals surface area contributed by atoms with Crippen LogP contribution in [0.5, 0.6) is 0 Å². The number of fused-ring (bicyclic) bond motifs is 1. The Labute approximate surface area is 134 Å². The first-order valence-corrected chi connectivity index (χ1v) is 8.18. The third kappa shape index (κ3) is 2.25. The van der Waals surface area contributed by atoms with Crippen molar-refractivity contribution in [1.29, 1.82) is 0 Å². The van der Waals surface area contributed by atoms with Gasteiger partial charge in [-0.25, -0.2) is 0 Å². The molecule has 1 heteroatoms. The van der Waals surface area contributed by atoms with Gasteiger partial charge in [-0.15, -0.1) is 0 Å². The molecule has 0 N–H and O–H groups in total. The van der Waals surface area contributed by atoms with Gasteiger partial charge in [0.05, 0.1) is 0 Å². The van der Waals surface area contributed by atoms with Gasteiger partial charge < -0.3 is 4.90 Å². The molecule has 1 unspecified atom stereocenters. The molecule has 2 aromatic rings. The van der Waals surface area contributed by atoms with Crippen LogP contribution in [0.15, 0.2) is 60.7 Å². The molecule has 0 fully saturated rings. The van der Waals surface area contributed by atoms with Crippen molar-refractivity contribution in [2.75, 3.05) is 4.90 Å². The monoisotopic (exact) mass is 291 g/mol. The summed E-state index contributed by atoms with van der Waals surface area (Å²) in [6.07, 6.45) is 5.78. The molecule has 0 aliphatic carbocycles. The van der Waals surface area contributed by atoms with Crippen LogP contribution in [-0.4, -0.2) is 5.54 Å². The third-order valence-corrected chi connectivity index (χ3v) is 4.77. The molecule has 1 nitrogen and oxygen atoms in total. The highest BCUT2D eigenvalue weighted by atomic mass is 15.2. The minimum absolute atomic E-state index is 0.0292. The quantitative estimate of drug-likeness (QED) is 0.629. The fourth-order valence-electron chi connectivity index (χ4n) is 3.72. The average Bonchev–Trinajstić information content (AvgIpc) is 2.73. The molecule has 0 radical (unpaired) electrons. The SMILES string of the molecule is CC/C=C\C1c2c(C)cccc2N(c2ccccc2)C1(C)C. The third-order valence-electron chi connectivity index (χ3n) is 4.77. The molecule has 22 heavy (non-hydrogen) atoms. The lowest BCUT2D eigenvalue weighted by Crippen LogP contribution is -2.39. The fourth-order valence-corrected chi connectivity index (χ4v) is 3.72. The Morgan fingerprint density at radius 1 is 1.05 bits per heavy atom. The van der Waals surface area contributed by atoms with Crippen LogP contribution in [0.25, 0.3) is 0 Å². The van der Waals surface area contributed by atoms with Crippen molar-refractivity contribution in [3.63, 3.8) is 0 Å². The van der Waals surface area contributed by atoms with E-state index in [0.717, 1.165) is 6.42 Å². The summed E-state index contributed by atoms with van der Waals surface area (Å²) in [5.74, 6) is 0.420. The van der Waals surface area contributed by atoms with Gasteiger partial charge in [-0.1, -0.05) is 49.4 Å². The van der Waals surface area contributed by atoms with Crippen molar-refractivity contribution in [3.8, 4) is 0 Å². The van der Waals surface area contributed by atoms with Crippen molar-refractivity contribution in [2.45, 2.75) is 45.6 Å². The average molecular weight is 291 g/mol. The van der Waals surface area contributed by atoms with Crippen molar-refractivity contribution in [2.24, 2.45) is 0 Å². The second kappa shape index (κ2) is 5.64. The summed E-state index contributed by atoms with van der Waals surface area (Å²) in [6.45, 7) is 9.14. The molecule has 114 valence electrons. The summed E-state index contributed by atoms with van der Waals surface area (Å²) < 4.78 is 0. The van der Waals surface area contributed by atoms with Crippen LogP contribution in [0.3, 0.4) is 0 Å². The van der Waals surface area contributed by atoms with Crippen molar-refractivity contribution >= 4 is 11.4 Å². The van der Waals surface area contributed by atoms with Gasteiger partial charge in [-0.2, -0.15) is 0 Å². The van der Waals surface area contributed by atoms with Crippen LogP contribution in [0.1, 0.15) is 44.2 Å². The summed E-state index contributed by atoms with van der Waals surface area (Å²) in [4.78, 5) is 2.50. The summed E-state index contributed by atoms with van der Waals surface area (Å²) >= 11 is 0. The molecule has 0 aromatic heterocycles. The fraction of sp³-hybridized carbons (Fsp3) is 0.333. The second-order valence-corrected chi connectivity index (χ2v) is 6.65. The Bertz CT molecular complexity index is 682. The van der Waals surface area contributed by atoms with Crippen LogP contribution >= 0.6 is 0 Å². The predicted molar refractivity (Wildman–Crippen MR) is 96.0 cm³/mol. The first kappa shape index (κ1) is 14.9. The number of anilines is 2. The van der Waals surface area contributed by atoms with Crippen LogP contribution in [0.2, 0.25) is 0 Å². The maximum absolute atomic E-state index is 2.50. The summed E-state index contributed by atoms with van der Waals surface area (Å²) in [5.41, 5.74) is 5.51. The minimum Gasteiger partial charge on any atom is -0.335 e. The molecule has 0 amide bonds. The smallest absolute Gasteiger partial charge is 0.0499 e. The van der Waals surface area contributed by atoms with E-state index in [-0.39, 0.29) is 5.54 Å². The van der Waals surface area contributed by atoms with Gasteiger partial charge in [0.25, 0.3) is 0 Å². The molecule has 0 saturated carbocycles. The van der Waals surface area contributed by atoms with E-state index in [0.29, 0.717) is 5.92 Å². The van der Waals surface area contributed by atoms with Crippen molar-refractivity contribution in [3.05, 3.63) is 71.8 Å². The highest BCUT2D eigenvalue weighted by Crippen LogP contribution is 2.52. The summed E-state index contributed by atoms with van der Waals surface area (Å²) in [7, 11) is 0. The zero-order valence-corrected chi connectivity index (χ0v) is 14.0. The normalized spacial score (nSPS) is 19.6. The molecule has 2 aromatic carbocycles. The van der Waals surface area contributed by atoms with Gasteiger partial charge in [0.15, 0.2) is 0 Å². The van der Waals surface area contributed by atoms with Gasteiger partial charge in [0, 0.05) is 22.8 Å². The minimum atomic E-state index is 0.0292. The van der Waals surface area contributed by atoms with Crippen molar-refractivity contribution in [1.82, 2.24) is 0 Å². The van der Waals surface area contributed by atoms with Crippen LogP contribution in [0, 0.1) is 6.92 Å². The summed E-state index contributed by atoms with van der Waals surface area (Å²) in [5, 5.41) is 0. The largest absolute Gasteiger partial charge is 0.335 e. The number of nitrogens with zero attached hydrogens (tertiary/aromatic N) is 1. The number of benzene rings is 2. The zero-order chi connectivity index (χ0) is 15.7. The van der Waals surface area contributed by atoms with Gasteiger partial charge in [0.1, 0.15) is 0 Å². The standard InChI is InChI=1S/C21H25N/c1-5-6-14-18-20-16(2)11-10-15-19(20)22(21(18,3)4)17-12-8-7-9-13-17/h6-15,18H,5H2,1-4H3/b14-6-. The summed E-state index contributed by atoms with van der Waals surface area (Å²) in [6, 6.07) is 17.4. The number of para-hydroxylation sites is 1. The molecular weight excluding hydrogens is 266 g/mol. The maximum atomic E-state index is 2.50. The Balaban J connectivity index is 2.21. The molecule has 0 bridgehead atoms. The van der Waals surface area contributed by atoms with E-state index in [1.807, 2.05) is 0 Å². The van der Waals surface area contributed by atoms with E-state index in [1.165, 1.54) is 22.5 Å². The van der Waals surface area contributed by atoms with Gasteiger partial charge in [0.2, 0.25) is 0 Å². The Kier molecular flexibility index (Phi) is 3.82. The number of aryl methyl sites for hydroxylation is 1. The lowest BCUT2D eigenvalue weighted by molar-refractivity contribution is 0.486. The van der Waals surface area contributed by atoms with Crippen LogP contribution in [0.4, 0.5) is 11.4 Å². The topological polar surface area (TPSA) is 3.24 Å². The van der Waals surface area contributed by atoms with E-state index in [1.54, 1.807) is 0 Å². The Morgan fingerprint density at radius 3 is 2.45 bits per heavy atom. The van der Waals surface area contributed by atoms with E-state index < -0.39 is 0 Å². The Hall–Kier alpha value is -2.02. The zero-order valence-electron chi connectivity index (χ0n) is 14.0. The van der Waals surface area contributed by atoms with Crippen molar-refractivity contribution < 1.29 is 0 Å². The molecular formula is C21H25N. The van der Waals surface area contributed by atoms with E-state index in [2.05, 4.69) is 93.3 Å². The molecule has 1 atom stereocenters. The first-order chi connectivity index (χ1) is 10.6. The second-order valence-electron chi connectivity index (χ2n) is 6.65. The highest BCUT2D eigenvalue weighted by molar-refractivity contribution is 5.76. The number of allylic oxidation sites excluding steroid dienone is 1. The van der Waals surface area contributed by atoms with Gasteiger partial charge in [-0.3, -0.25) is 0 Å². The predicted octanol–water partition coefficient (Wildman–Crippen LogP) is 5.98. The lowest BCUT2D eigenvalue weighted by Gasteiger charge is -2.37. The first-order valence-electron chi connectivity index (χ1n) is 8.18. The highest BCUT2D eigenvalue weighted by Gasteiger charge is 2.44. The molecule has 1 heterocycles. The number of rotatable bonds is 3.